The van der Waals surface area contributed by atoms with Gasteiger partial charge in [0.2, 0.25) is 0 Å². The van der Waals surface area contributed by atoms with E-state index in [1.165, 1.54) is 16.7 Å². The molecule has 1 heteroatoms. The van der Waals surface area contributed by atoms with Crippen molar-refractivity contribution >= 4 is 11.6 Å². The maximum atomic E-state index is 2.32. The highest BCUT2D eigenvalue weighted by Gasteiger charge is 2.22. The molecule has 0 unspecified atom stereocenters. The Morgan fingerprint density at radius 3 is 1.95 bits per heavy atom. The summed E-state index contributed by atoms with van der Waals surface area (Å²) in [7, 11) is 4.60. The maximum absolute atomic E-state index is 2.32. The first kappa shape index (κ1) is 15.5. The zero-order valence-corrected chi connectivity index (χ0v) is 13.6. The predicted molar refractivity (Wildman–Crippen MR) is 92.9 cm³/mol. The summed E-state index contributed by atoms with van der Waals surface area (Å²) in [4.78, 5) is 0. The Balaban J connectivity index is 2.39. The molecule has 0 saturated heterocycles. The number of nitrogens with zero attached hydrogens (tertiary/aromatic N) is 1. The van der Waals surface area contributed by atoms with Crippen molar-refractivity contribution in [3.05, 3.63) is 71.8 Å². The van der Waals surface area contributed by atoms with Gasteiger partial charge < -0.3 is 4.48 Å². The van der Waals surface area contributed by atoms with Crippen molar-refractivity contribution in [2.45, 2.75) is 19.9 Å². The molecule has 0 aromatic heterocycles. The first-order valence-electron chi connectivity index (χ1n) is 7.63. The number of benzene rings is 2. The van der Waals surface area contributed by atoms with E-state index in [2.05, 4.69) is 94.7 Å². The lowest BCUT2D eigenvalue weighted by molar-refractivity contribution is -0.903. The van der Waals surface area contributed by atoms with E-state index in [0.717, 1.165) is 11.0 Å². The van der Waals surface area contributed by atoms with Gasteiger partial charge in [-0.25, -0.2) is 0 Å². The molecule has 0 bridgehead atoms. The molecule has 0 spiro atoms. The van der Waals surface area contributed by atoms with Crippen molar-refractivity contribution in [3.63, 3.8) is 0 Å². The summed E-state index contributed by atoms with van der Waals surface area (Å²) in [6.07, 6.45) is 2.32. The molecular weight excluding hydrogens is 254 g/mol. The fourth-order valence-corrected chi connectivity index (χ4v) is 2.24. The van der Waals surface area contributed by atoms with Gasteiger partial charge in [0, 0.05) is 5.57 Å². The molecule has 0 aliphatic rings. The standard InChI is InChI=1S/C20H26N/c1-17(2)21(3,4)16-20(19-13-9-6-10-14-19)15-18-11-7-5-8-12-18/h5-15,17H,16H2,1-4H3/q+1. The number of quaternary nitrogens is 1. The predicted octanol–water partition coefficient (Wildman–Crippen LogP) is 4.71. The first-order valence-corrected chi connectivity index (χ1v) is 7.63. The lowest BCUT2D eigenvalue weighted by Crippen LogP contribution is -2.46. The van der Waals surface area contributed by atoms with Gasteiger partial charge in [-0.1, -0.05) is 60.7 Å². The monoisotopic (exact) mass is 280 g/mol. The third-order valence-corrected chi connectivity index (χ3v) is 4.26. The van der Waals surface area contributed by atoms with E-state index in [0.29, 0.717) is 6.04 Å². The highest BCUT2D eigenvalue weighted by molar-refractivity contribution is 5.82. The summed E-state index contributed by atoms with van der Waals surface area (Å²) >= 11 is 0. The lowest BCUT2D eigenvalue weighted by Gasteiger charge is -2.35. The highest BCUT2D eigenvalue weighted by Crippen LogP contribution is 2.22. The van der Waals surface area contributed by atoms with Gasteiger partial charge in [-0.3, -0.25) is 0 Å². The molecule has 2 aromatic carbocycles. The lowest BCUT2D eigenvalue weighted by atomic mass is 10.0. The molecule has 0 fully saturated rings. The summed E-state index contributed by atoms with van der Waals surface area (Å²) in [5, 5.41) is 0. The van der Waals surface area contributed by atoms with Gasteiger partial charge in [0.25, 0.3) is 0 Å². The smallest absolute Gasteiger partial charge is 0.105 e. The van der Waals surface area contributed by atoms with E-state index in [1.54, 1.807) is 0 Å². The van der Waals surface area contributed by atoms with Crippen molar-refractivity contribution in [2.75, 3.05) is 20.6 Å². The molecule has 21 heavy (non-hydrogen) atoms. The fraction of sp³-hybridized carbons (Fsp3) is 0.300. The number of rotatable bonds is 5. The van der Waals surface area contributed by atoms with Crippen molar-refractivity contribution < 1.29 is 4.48 Å². The highest BCUT2D eigenvalue weighted by atomic mass is 15.3. The molecule has 0 N–H and O–H groups in total. The quantitative estimate of drug-likeness (QED) is 0.549. The number of hydrogen-bond acceptors (Lipinski definition) is 0. The largest absolute Gasteiger partial charge is 0.323 e. The van der Waals surface area contributed by atoms with Crippen LogP contribution in [0.2, 0.25) is 0 Å². The molecule has 0 radical (unpaired) electrons. The van der Waals surface area contributed by atoms with Crippen molar-refractivity contribution in [1.29, 1.82) is 0 Å². The average molecular weight is 280 g/mol. The summed E-state index contributed by atoms with van der Waals surface area (Å²) in [5.41, 5.74) is 3.97. The van der Waals surface area contributed by atoms with Crippen LogP contribution in [0.3, 0.4) is 0 Å². The van der Waals surface area contributed by atoms with Crippen LogP contribution in [0, 0.1) is 0 Å². The second-order valence-corrected chi connectivity index (χ2v) is 6.48. The minimum Gasteiger partial charge on any atom is -0.323 e. The molecule has 110 valence electrons. The van der Waals surface area contributed by atoms with Gasteiger partial charge >= 0.3 is 0 Å². The average Bonchev–Trinajstić information content (AvgIpc) is 2.48. The van der Waals surface area contributed by atoms with Crippen LogP contribution in [0.25, 0.3) is 11.6 Å². The Labute approximate surface area is 129 Å². The number of likely N-dealkylation sites (N-methyl/N-ethyl adjacent to an activating group) is 1. The SMILES string of the molecule is CC(C)[N+](C)(C)CC(=Cc1ccccc1)c1ccccc1. The minimum absolute atomic E-state index is 0.591. The van der Waals surface area contributed by atoms with Crippen LogP contribution in [0.15, 0.2) is 60.7 Å². The molecular formula is C20H26N+. The summed E-state index contributed by atoms with van der Waals surface area (Å²) in [6.45, 7) is 5.59. The van der Waals surface area contributed by atoms with Gasteiger partial charge in [-0.05, 0) is 31.1 Å². The van der Waals surface area contributed by atoms with Gasteiger partial charge in [-0.15, -0.1) is 0 Å². The van der Waals surface area contributed by atoms with E-state index in [4.69, 9.17) is 0 Å². The van der Waals surface area contributed by atoms with E-state index in [-0.39, 0.29) is 0 Å². The number of hydrogen-bond donors (Lipinski definition) is 0. The van der Waals surface area contributed by atoms with Crippen LogP contribution < -0.4 is 0 Å². The molecule has 0 aliphatic heterocycles. The van der Waals surface area contributed by atoms with Crippen LogP contribution in [0.5, 0.6) is 0 Å². The van der Waals surface area contributed by atoms with Gasteiger partial charge in [0.05, 0.1) is 20.1 Å². The molecule has 0 aliphatic carbocycles. The van der Waals surface area contributed by atoms with E-state index in [1.807, 2.05) is 0 Å². The molecule has 0 atom stereocenters. The molecule has 0 heterocycles. The Hall–Kier alpha value is -1.86. The van der Waals surface area contributed by atoms with Crippen LogP contribution in [-0.4, -0.2) is 31.2 Å². The Morgan fingerprint density at radius 2 is 1.43 bits per heavy atom. The topological polar surface area (TPSA) is 0 Å². The maximum Gasteiger partial charge on any atom is 0.105 e. The van der Waals surface area contributed by atoms with Crippen LogP contribution in [0.4, 0.5) is 0 Å². The van der Waals surface area contributed by atoms with Crippen LogP contribution >= 0.6 is 0 Å². The fourth-order valence-electron chi connectivity index (χ4n) is 2.24. The summed E-state index contributed by atoms with van der Waals surface area (Å²) < 4.78 is 0.980. The second kappa shape index (κ2) is 6.73. The normalized spacial score (nSPS) is 12.7. The van der Waals surface area contributed by atoms with Gasteiger partial charge in [0.15, 0.2) is 0 Å². The summed E-state index contributed by atoms with van der Waals surface area (Å²) in [6, 6.07) is 21.9. The minimum atomic E-state index is 0.591. The first-order chi connectivity index (χ1) is 9.99. The van der Waals surface area contributed by atoms with Crippen molar-refractivity contribution in [2.24, 2.45) is 0 Å². The van der Waals surface area contributed by atoms with Crippen molar-refractivity contribution in [1.82, 2.24) is 0 Å². The molecule has 1 nitrogen and oxygen atoms in total. The molecule has 0 amide bonds. The second-order valence-electron chi connectivity index (χ2n) is 6.48. The van der Waals surface area contributed by atoms with E-state index < -0.39 is 0 Å². The Bertz CT molecular complexity index is 580. The molecule has 0 saturated carbocycles. The van der Waals surface area contributed by atoms with Crippen LogP contribution in [-0.2, 0) is 0 Å². The molecule has 2 aromatic rings. The zero-order valence-electron chi connectivity index (χ0n) is 13.6. The summed E-state index contributed by atoms with van der Waals surface area (Å²) in [5.74, 6) is 0. The zero-order chi connectivity index (χ0) is 15.3. The van der Waals surface area contributed by atoms with E-state index in [9.17, 15) is 0 Å². The van der Waals surface area contributed by atoms with E-state index >= 15 is 0 Å². The van der Waals surface area contributed by atoms with Gasteiger partial charge in [0.1, 0.15) is 6.54 Å². The molecule has 2 rings (SSSR count). The van der Waals surface area contributed by atoms with Gasteiger partial charge in [-0.2, -0.15) is 0 Å². The van der Waals surface area contributed by atoms with Crippen molar-refractivity contribution in [3.8, 4) is 0 Å². The third-order valence-electron chi connectivity index (χ3n) is 4.26. The Kier molecular flexibility index (Phi) is 4.98. The Morgan fingerprint density at radius 1 is 0.905 bits per heavy atom. The third kappa shape index (κ3) is 4.30. The van der Waals surface area contributed by atoms with Crippen LogP contribution in [0.1, 0.15) is 25.0 Å².